The molecule has 0 aromatic heterocycles. The van der Waals surface area contributed by atoms with Crippen molar-refractivity contribution in [3.63, 3.8) is 0 Å². The number of Topliss-reactive ketones (excluding diaryl/α,β-unsaturated/α-hetero) is 1. The van der Waals surface area contributed by atoms with Crippen molar-refractivity contribution in [2.75, 3.05) is 12.4 Å². The number of benzene rings is 2. The second-order valence-electron chi connectivity index (χ2n) is 7.47. The molecule has 1 aliphatic heterocycles. The average Bonchev–Trinajstić information content (AvgIpc) is 2.74. The molecule has 1 amide bonds. The highest BCUT2D eigenvalue weighted by Crippen LogP contribution is 2.42. The molecule has 1 aliphatic carbocycles. The maximum absolute atomic E-state index is 13.6. The summed E-state index contributed by atoms with van der Waals surface area (Å²) in [6.07, 6.45) is 1.97. The van der Waals surface area contributed by atoms with Crippen molar-refractivity contribution >= 4 is 17.4 Å². The van der Waals surface area contributed by atoms with Gasteiger partial charge in [-0.15, -0.1) is 0 Å². The maximum Gasteiger partial charge on any atom is 0.254 e. The van der Waals surface area contributed by atoms with Gasteiger partial charge in [0.2, 0.25) is 0 Å². The van der Waals surface area contributed by atoms with E-state index < -0.39 is 5.92 Å². The minimum atomic E-state index is -0.552. The molecule has 0 fully saturated rings. The zero-order valence-electron chi connectivity index (χ0n) is 16.9. The first-order valence-electron chi connectivity index (χ1n) is 9.93. The Balaban J connectivity index is 1.78. The lowest BCUT2D eigenvalue weighted by molar-refractivity contribution is -0.116. The highest BCUT2D eigenvalue weighted by Gasteiger charge is 2.38. The predicted molar refractivity (Wildman–Crippen MR) is 112 cm³/mol. The van der Waals surface area contributed by atoms with Gasteiger partial charge >= 0.3 is 0 Å². The Hall–Kier alpha value is -3.41. The number of methoxy groups -OCH3 is 1. The molecular formula is C24H23FN2O3. The van der Waals surface area contributed by atoms with Crippen LogP contribution in [0.25, 0.3) is 0 Å². The Morgan fingerprint density at radius 3 is 2.60 bits per heavy atom. The number of amides is 1. The van der Waals surface area contributed by atoms with Gasteiger partial charge in [-0.25, -0.2) is 4.39 Å². The summed E-state index contributed by atoms with van der Waals surface area (Å²) < 4.78 is 18.9. The van der Waals surface area contributed by atoms with Crippen LogP contribution in [0.3, 0.4) is 0 Å². The van der Waals surface area contributed by atoms with E-state index in [1.165, 1.54) is 19.2 Å². The van der Waals surface area contributed by atoms with Gasteiger partial charge in [-0.2, -0.15) is 0 Å². The Morgan fingerprint density at radius 2 is 1.87 bits per heavy atom. The first-order valence-corrected chi connectivity index (χ1v) is 9.93. The number of ether oxygens (including phenoxy) is 1. The minimum Gasteiger partial charge on any atom is -0.495 e. The molecule has 0 radical (unpaired) electrons. The highest BCUT2D eigenvalue weighted by atomic mass is 19.1. The molecule has 2 aromatic rings. The van der Waals surface area contributed by atoms with Crippen LogP contribution in [-0.2, 0) is 9.59 Å². The van der Waals surface area contributed by atoms with E-state index in [9.17, 15) is 14.0 Å². The molecule has 0 saturated heterocycles. The van der Waals surface area contributed by atoms with E-state index in [0.29, 0.717) is 40.3 Å². The first kappa shape index (κ1) is 19.9. The number of halogens is 1. The molecule has 0 spiro atoms. The largest absolute Gasteiger partial charge is 0.495 e. The molecule has 30 heavy (non-hydrogen) atoms. The molecule has 2 aromatic carbocycles. The number of dihydropyridines is 1. The SMILES string of the molecule is COc1ccccc1NC(=O)C1=C(C)NC2=C(C(=O)CCC2)[C@@H]1c1ccc(F)cc1. The second-order valence-corrected chi connectivity index (χ2v) is 7.47. The van der Waals surface area contributed by atoms with Gasteiger partial charge in [0.05, 0.1) is 12.8 Å². The zero-order valence-corrected chi connectivity index (χ0v) is 16.9. The lowest BCUT2D eigenvalue weighted by Gasteiger charge is -2.34. The topological polar surface area (TPSA) is 67.4 Å². The number of hydrogen-bond donors (Lipinski definition) is 2. The van der Waals surface area contributed by atoms with Crippen molar-refractivity contribution < 1.29 is 18.7 Å². The van der Waals surface area contributed by atoms with E-state index in [4.69, 9.17) is 4.74 Å². The Labute approximate surface area is 174 Å². The fourth-order valence-electron chi connectivity index (χ4n) is 4.21. The van der Waals surface area contributed by atoms with Crippen molar-refractivity contribution in [2.45, 2.75) is 32.1 Å². The summed E-state index contributed by atoms with van der Waals surface area (Å²) in [5, 5.41) is 6.19. The lowest BCUT2D eigenvalue weighted by atomic mass is 9.75. The molecule has 2 aliphatic rings. The van der Waals surface area contributed by atoms with Crippen molar-refractivity contribution in [1.82, 2.24) is 5.32 Å². The van der Waals surface area contributed by atoms with Crippen LogP contribution in [0.2, 0.25) is 0 Å². The van der Waals surface area contributed by atoms with Crippen LogP contribution in [0.4, 0.5) is 10.1 Å². The molecule has 6 heteroatoms. The Bertz CT molecular complexity index is 1070. The van der Waals surface area contributed by atoms with Gasteiger partial charge in [-0.05, 0) is 49.6 Å². The number of allylic oxidation sites excluding steroid dienone is 3. The highest BCUT2D eigenvalue weighted by molar-refractivity contribution is 6.10. The van der Waals surface area contributed by atoms with Crippen molar-refractivity contribution in [1.29, 1.82) is 0 Å². The van der Waals surface area contributed by atoms with E-state index in [1.54, 1.807) is 30.3 Å². The predicted octanol–water partition coefficient (Wildman–Crippen LogP) is 4.44. The van der Waals surface area contributed by atoms with Crippen LogP contribution in [-0.4, -0.2) is 18.8 Å². The molecule has 1 heterocycles. The van der Waals surface area contributed by atoms with Gasteiger partial charge in [0.15, 0.2) is 5.78 Å². The third-order valence-electron chi connectivity index (χ3n) is 5.58. The van der Waals surface area contributed by atoms with Crippen LogP contribution >= 0.6 is 0 Å². The molecule has 1 atom stereocenters. The maximum atomic E-state index is 13.6. The second kappa shape index (κ2) is 8.14. The fraction of sp³-hybridized carbons (Fsp3) is 0.250. The van der Waals surface area contributed by atoms with E-state index in [2.05, 4.69) is 10.6 Å². The molecule has 0 bridgehead atoms. The lowest BCUT2D eigenvalue weighted by Crippen LogP contribution is -2.35. The molecule has 2 N–H and O–H groups in total. The molecule has 154 valence electrons. The van der Waals surface area contributed by atoms with E-state index in [0.717, 1.165) is 18.5 Å². The molecular weight excluding hydrogens is 383 g/mol. The summed E-state index contributed by atoms with van der Waals surface area (Å²) in [5.41, 5.74) is 3.84. The van der Waals surface area contributed by atoms with Crippen LogP contribution in [0, 0.1) is 5.82 Å². The van der Waals surface area contributed by atoms with E-state index in [-0.39, 0.29) is 17.5 Å². The Kier molecular flexibility index (Phi) is 5.40. The number of nitrogens with one attached hydrogen (secondary N) is 2. The number of para-hydroxylation sites is 2. The first-order chi connectivity index (χ1) is 14.5. The number of rotatable bonds is 4. The van der Waals surface area contributed by atoms with Crippen molar-refractivity contribution in [3.8, 4) is 5.75 Å². The molecule has 0 unspecified atom stereocenters. The number of hydrogen-bond acceptors (Lipinski definition) is 4. The van der Waals surface area contributed by atoms with Crippen molar-refractivity contribution in [3.05, 3.63) is 82.5 Å². The quantitative estimate of drug-likeness (QED) is 0.788. The monoisotopic (exact) mass is 406 g/mol. The van der Waals surface area contributed by atoms with Gasteiger partial charge < -0.3 is 15.4 Å². The zero-order chi connectivity index (χ0) is 21.3. The number of ketones is 1. The van der Waals surface area contributed by atoms with Gasteiger partial charge in [-0.3, -0.25) is 9.59 Å². The van der Waals surface area contributed by atoms with Crippen LogP contribution in [0.15, 0.2) is 71.1 Å². The molecule has 5 nitrogen and oxygen atoms in total. The van der Waals surface area contributed by atoms with Crippen molar-refractivity contribution in [2.24, 2.45) is 0 Å². The Morgan fingerprint density at radius 1 is 1.13 bits per heavy atom. The molecule has 4 rings (SSSR count). The molecule has 0 saturated carbocycles. The third-order valence-corrected chi connectivity index (χ3v) is 5.58. The van der Waals surface area contributed by atoms with Crippen LogP contribution in [0.5, 0.6) is 5.75 Å². The van der Waals surface area contributed by atoms with Gasteiger partial charge in [0, 0.05) is 34.9 Å². The summed E-state index contributed by atoms with van der Waals surface area (Å²) in [5.74, 6) is -0.682. The number of anilines is 1. The van der Waals surface area contributed by atoms with Gasteiger partial charge in [-0.1, -0.05) is 24.3 Å². The summed E-state index contributed by atoms with van der Waals surface area (Å²) >= 11 is 0. The number of carbonyl (C=O) groups excluding carboxylic acids is 2. The fourth-order valence-corrected chi connectivity index (χ4v) is 4.21. The van der Waals surface area contributed by atoms with E-state index >= 15 is 0 Å². The normalized spacial score (nSPS) is 18.6. The standard InChI is InChI=1S/C24H23FN2O3/c1-14-21(24(29)27-17-6-3-4-9-20(17)30-2)22(15-10-12-16(25)13-11-15)23-18(26-14)7-5-8-19(23)28/h3-4,6,9-13,22,26H,5,7-8H2,1-2H3,(H,27,29)/t22-/m1/s1. The third kappa shape index (κ3) is 3.61. The van der Waals surface area contributed by atoms with Gasteiger partial charge in [0.25, 0.3) is 5.91 Å². The number of carbonyl (C=O) groups is 2. The summed E-state index contributed by atoms with van der Waals surface area (Å²) in [6, 6.07) is 13.1. The summed E-state index contributed by atoms with van der Waals surface area (Å²) in [7, 11) is 1.54. The summed E-state index contributed by atoms with van der Waals surface area (Å²) in [4.78, 5) is 26.3. The minimum absolute atomic E-state index is 0.0215. The van der Waals surface area contributed by atoms with Crippen LogP contribution in [0.1, 0.15) is 37.7 Å². The van der Waals surface area contributed by atoms with Crippen LogP contribution < -0.4 is 15.4 Å². The summed E-state index contributed by atoms with van der Waals surface area (Å²) in [6.45, 7) is 1.83. The van der Waals surface area contributed by atoms with Gasteiger partial charge in [0.1, 0.15) is 11.6 Å². The average molecular weight is 406 g/mol. The smallest absolute Gasteiger partial charge is 0.254 e. The van der Waals surface area contributed by atoms with E-state index in [1.807, 2.05) is 13.0 Å².